The number of carbonyl (C=O) groups excluding carboxylic acids is 2. The Kier molecular flexibility index (Phi) is 7.49. The lowest BCUT2D eigenvalue weighted by molar-refractivity contribution is -0.385. The zero-order valence-corrected chi connectivity index (χ0v) is 22.3. The van der Waals surface area contributed by atoms with Crippen LogP contribution in [0.25, 0.3) is 11.3 Å². The van der Waals surface area contributed by atoms with Crippen LogP contribution >= 0.6 is 11.3 Å². The van der Waals surface area contributed by atoms with Gasteiger partial charge < -0.3 is 19.5 Å². The van der Waals surface area contributed by atoms with Crippen LogP contribution < -0.4 is 10.1 Å². The number of ether oxygens (including phenoxy) is 3. The minimum absolute atomic E-state index is 0.123. The Morgan fingerprint density at radius 3 is 2.42 bits per heavy atom. The Hall–Kier alpha value is -4.25. The van der Waals surface area contributed by atoms with E-state index in [0.29, 0.717) is 33.1 Å². The van der Waals surface area contributed by atoms with Gasteiger partial charge in [-0.3, -0.25) is 14.9 Å². The number of nitrogens with zero attached hydrogens (tertiary/aromatic N) is 2. The molecule has 0 aliphatic carbocycles. The first kappa shape index (κ1) is 26.8. The third-order valence-electron chi connectivity index (χ3n) is 6.85. The molecule has 2 aromatic carbocycles. The lowest BCUT2D eigenvalue weighted by Crippen LogP contribution is -2.60. The highest BCUT2D eigenvalue weighted by Crippen LogP contribution is 2.52. The predicted octanol–water partition coefficient (Wildman–Crippen LogP) is 4.36. The minimum Gasteiger partial charge on any atom is -0.490 e. The highest BCUT2D eigenvalue weighted by molar-refractivity contribution is 7.10. The van der Waals surface area contributed by atoms with Gasteiger partial charge in [-0.2, -0.15) is 0 Å². The fourth-order valence-electron chi connectivity index (χ4n) is 5.11. The van der Waals surface area contributed by atoms with E-state index in [1.54, 1.807) is 18.4 Å². The monoisotopic (exact) mass is 537 g/mol. The maximum absolute atomic E-state index is 13.8. The lowest BCUT2D eigenvalue weighted by atomic mass is 9.62. The first-order valence-corrected chi connectivity index (χ1v) is 12.6. The zero-order valence-electron chi connectivity index (χ0n) is 21.5. The molecule has 0 fully saturated rings. The van der Waals surface area contributed by atoms with Gasteiger partial charge in [0.15, 0.2) is 11.2 Å². The van der Waals surface area contributed by atoms with Crippen LogP contribution in [0.5, 0.6) is 5.75 Å². The third kappa shape index (κ3) is 4.28. The topological polar surface area (TPSA) is 130 Å². The second-order valence-electron chi connectivity index (χ2n) is 8.78. The molecule has 0 saturated heterocycles. The standard InChI is InChI=1S/C27H27N3O7S/c1-15-22(24(31)36-4)23(17-9-7-6-8-10-17)27(16(2)28-15,26(32)37-5)25-29-19(14-38-25)18-11-12-21(35-3)20(13-18)30(33)34/h6-14,16,23,28H,1-5H3. The van der Waals surface area contributed by atoms with Crippen LogP contribution in [0.15, 0.2) is 65.2 Å². The molecule has 0 radical (unpaired) electrons. The summed E-state index contributed by atoms with van der Waals surface area (Å²) >= 11 is 1.21. The molecule has 0 bridgehead atoms. The summed E-state index contributed by atoms with van der Waals surface area (Å²) in [5.41, 5.74) is 0.836. The van der Waals surface area contributed by atoms with Crippen molar-refractivity contribution in [3.05, 3.63) is 85.9 Å². The second-order valence-corrected chi connectivity index (χ2v) is 9.64. The highest BCUT2D eigenvalue weighted by atomic mass is 32.1. The maximum atomic E-state index is 13.8. The van der Waals surface area contributed by atoms with Crippen molar-refractivity contribution in [3.8, 4) is 17.0 Å². The third-order valence-corrected chi connectivity index (χ3v) is 7.85. The zero-order chi connectivity index (χ0) is 27.6. The van der Waals surface area contributed by atoms with Gasteiger partial charge in [0.1, 0.15) is 5.01 Å². The summed E-state index contributed by atoms with van der Waals surface area (Å²) in [6.45, 7) is 3.60. The summed E-state index contributed by atoms with van der Waals surface area (Å²) < 4.78 is 15.6. The normalized spacial score (nSPS) is 20.9. The molecular weight excluding hydrogens is 510 g/mol. The van der Waals surface area contributed by atoms with Gasteiger partial charge in [0, 0.05) is 34.7 Å². The molecule has 3 unspecified atom stereocenters. The van der Waals surface area contributed by atoms with Crippen molar-refractivity contribution in [2.75, 3.05) is 21.3 Å². The quantitative estimate of drug-likeness (QED) is 0.265. The largest absolute Gasteiger partial charge is 0.490 e. The molecular formula is C27H27N3O7S. The predicted molar refractivity (Wildman–Crippen MR) is 141 cm³/mol. The number of aromatic nitrogens is 1. The number of esters is 2. The fraction of sp³-hybridized carbons (Fsp3) is 0.296. The van der Waals surface area contributed by atoms with Gasteiger partial charge in [0.2, 0.25) is 0 Å². The number of allylic oxidation sites excluding steroid dienone is 1. The van der Waals surface area contributed by atoms with Gasteiger partial charge in [-0.05, 0) is 31.5 Å². The van der Waals surface area contributed by atoms with Crippen molar-refractivity contribution in [2.24, 2.45) is 0 Å². The van der Waals surface area contributed by atoms with Crippen LogP contribution in [0.4, 0.5) is 5.69 Å². The van der Waals surface area contributed by atoms with E-state index in [0.717, 1.165) is 0 Å². The summed E-state index contributed by atoms with van der Waals surface area (Å²) in [5, 5.41) is 17.0. The number of carbonyl (C=O) groups is 2. The molecule has 1 N–H and O–H groups in total. The Balaban J connectivity index is 1.98. The van der Waals surface area contributed by atoms with Gasteiger partial charge in [-0.25, -0.2) is 9.78 Å². The number of methoxy groups -OCH3 is 3. The Morgan fingerprint density at radius 1 is 1.11 bits per heavy atom. The molecule has 10 nitrogen and oxygen atoms in total. The van der Waals surface area contributed by atoms with Gasteiger partial charge in [0.05, 0.1) is 37.5 Å². The minimum atomic E-state index is -1.46. The fourth-order valence-corrected chi connectivity index (χ4v) is 6.25. The smallest absolute Gasteiger partial charge is 0.336 e. The van der Waals surface area contributed by atoms with Gasteiger partial charge in [-0.1, -0.05) is 30.3 Å². The van der Waals surface area contributed by atoms with Crippen molar-refractivity contribution in [1.82, 2.24) is 10.3 Å². The van der Waals surface area contributed by atoms with Gasteiger partial charge in [0.25, 0.3) is 0 Å². The van der Waals surface area contributed by atoms with Crippen molar-refractivity contribution >= 4 is 29.0 Å². The molecule has 0 spiro atoms. The summed E-state index contributed by atoms with van der Waals surface area (Å²) in [4.78, 5) is 42.8. The van der Waals surface area contributed by atoms with Gasteiger partial charge in [-0.15, -0.1) is 11.3 Å². The van der Waals surface area contributed by atoms with E-state index >= 15 is 0 Å². The molecule has 3 atom stereocenters. The number of hydrogen-bond donors (Lipinski definition) is 1. The maximum Gasteiger partial charge on any atom is 0.336 e. The first-order chi connectivity index (χ1) is 18.2. The molecule has 4 rings (SSSR count). The van der Waals surface area contributed by atoms with Crippen molar-refractivity contribution in [1.29, 1.82) is 0 Å². The van der Waals surface area contributed by atoms with E-state index in [1.807, 2.05) is 37.3 Å². The average molecular weight is 538 g/mol. The van der Waals surface area contributed by atoms with E-state index in [4.69, 9.17) is 19.2 Å². The number of rotatable bonds is 7. The van der Waals surface area contributed by atoms with Crippen molar-refractivity contribution < 1.29 is 28.7 Å². The van der Waals surface area contributed by atoms with E-state index in [-0.39, 0.29) is 11.4 Å². The summed E-state index contributed by atoms with van der Waals surface area (Å²) in [5.74, 6) is -1.82. The van der Waals surface area contributed by atoms with Crippen LogP contribution in [-0.4, -0.2) is 49.2 Å². The van der Waals surface area contributed by atoms with E-state index in [1.165, 1.54) is 44.8 Å². The van der Waals surface area contributed by atoms with E-state index in [9.17, 15) is 19.7 Å². The molecule has 198 valence electrons. The highest BCUT2D eigenvalue weighted by Gasteiger charge is 2.60. The second kappa shape index (κ2) is 10.6. The Labute approximate surface area is 223 Å². The molecule has 1 aromatic heterocycles. The Morgan fingerprint density at radius 2 is 1.82 bits per heavy atom. The molecule has 1 aliphatic heterocycles. The first-order valence-electron chi connectivity index (χ1n) is 11.7. The number of nitro benzene ring substituents is 1. The van der Waals surface area contributed by atoms with E-state index in [2.05, 4.69) is 5.32 Å². The number of benzene rings is 2. The summed E-state index contributed by atoms with van der Waals surface area (Å²) in [6, 6.07) is 13.2. The van der Waals surface area contributed by atoms with Crippen molar-refractivity contribution in [3.63, 3.8) is 0 Å². The molecule has 2 heterocycles. The van der Waals surface area contributed by atoms with Crippen LogP contribution in [-0.2, 0) is 24.5 Å². The van der Waals surface area contributed by atoms with Gasteiger partial charge >= 0.3 is 17.6 Å². The number of hydrogen-bond acceptors (Lipinski definition) is 10. The van der Waals surface area contributed by atoms with Crippen LogP contribution in [0.1, 0.15) is 30.3 Å². The molecule has 3 aromatic rings. The Bertz CT molecular complexity index is 1420. The number of nitro groups is 1. The molecule has 38 heavy (non-hydrogen) atoms. The van der Waals surface area contributed by atoms with Crippen LogP contribution in [0.3, 0.4) is 0 Å². The lowest BCUT2D eigenvalue weighted by Gasteiger charge is -2.46. The molecule has 1 aliphatic rings. The van der Waals surface area contributed by atoms with Crippen LogP contribution in [0, 0.1) is 10.1 Å². The summed E-state index contributed by atoms with van der Waals surface area (Å²) in [7, 11) is 3.95. The van der Waals surface area contributed by atoms with E-state index < -0.39 is 34.2 Å². The van der Waals surface area contributed by atoms with Crippen LogP contribution in [0.2, 0.25) is 0 Å². The SMILES string of the molecule is COC(=O)C1=C(C)NC(C)C(C(=O)OC)(c2nc(-c3ccc(OC)c([N+](=O)[O-])c3)cs2)C1c1ccccc1. The summed E-state index contributed by atoms with van der Waals surface area (Å²) in [6.07, 6.45) is 0. The molecule has 11 heteroatoms. The van der Waals surface area contributed by atoms with Crippen molar-refractivity contribution in [2.45, 2.75) is 31.2 Å². The molecule has 0 amide bonds. The number of nitrogens with one attached hydrogen (secondary N) is 1. The molecule has 0 saturated carbocycles. The number of thiazole rings is 1. The average Bonchev–Trinajstić information content (AvgIpc) is 3.42.